The van der Waals surface area contributed by atoms with Gasteiger partial charge in [-0.3, -0.25) is 0 Å². The lowest BCUT2D eigenvalue weighted by molar-refractivity contribution is 0.554. The monoisotopic (exact) mass is 183 g/mol. The molecule has 0 radical (unpaired) electrons. The molecule has 4 nitrogen and oxygen atoms in total. The van der Waals surface area contributed by atoms with Crippen LogP contribution in [0.4, 0.5) is 0 Å². The Balaban J connectivity index is 2.74. The molecule has 0 fully saturated rings. The van der Waals surface area contributed by atoms with Gasteiger partial charge in [-0.1, -0.05) is 18.5 Å². The molecule has 0 amide bonds. The molecule has 0 saturated carbocycles. The van der Waals surface area contributed by atoms with Gasteiger partial charge in [0.1, 0.15) is 11.3 Å². The SMILES string of the molecule is CCc1cc2nnnc(Cl)c2o1. The second-order valence-electron chi connectivity index (χ2n) is 2.36. The van der Waals surface area contributed by atoms with Crippen molar-refractivity contribution in [1.82, 2.24) is 15.4 Å². The van der Waals surface area contributed by atoms with Crippen molar-refractivity contribution in [2.24, 2.45) is 0 Å². The average Bonchev–Trinajstić information content (AvgIpc) is 2.49. The third-order valence-corrected chi connectivity index (χ3v) is 1.83. The molecule has 2 heterocycles. The summed E-state index contributed by atoms with van der Waals surface area (Å²) in [6, 6.07) is 1.82. The first-order valence-electron chi connectivity index (χ1n) is 3.58. The zero-order chi connectivity index (χ0) is 8.55. The molecule has 0 aromatic carbocycles. The third kappa shape index (κ3) is 1.04. The van der Waals surface area contributed by atoms with Gasteiger partial charge in [-0.05, 0) is 5.21 Å². The van der Waals surface area contributed by atoms with E-state index in [1.807, 2.05) is 13.0 Å². The third-order valence-electron chi connectivity index (χ3n) is 1.58. The number of hydrogen-bond donors (Lipinski definition) is 0. The molecule has 0 aliphatic rings. The van der Waals surface area contributed by atoms with Crippen LogP contribution in [0.5, 0.6) is 0 Å². The van der Waals surface area contributed by atoms with E-state index >= 15 is 0 Å². The molecule has 0 aliphatic carbocycles. The van der Waals surface area contributed by atoms with E-state index in [2.05, 4.69) is 15.4 Å². The van der Waals surface area contributed by atoms with Crippen molar-refractivity contribution >= 4 is 22.7 Å². The number of hydrogen-bond acceptors (Lipinski definition) is 4. The Morgan fingerprint density at radius 3 is 3.00 bits per heavy atom. The van der Waals surface area contributed by atoms with Crippen molar-refractivity contribution in [1.29, 1.82) is 0 Å². The normalized spacial score (nSPS) is 10.8. The summed E-state index contributed by atoms with van der Waals surface area (Å²) in [5.74, 6) is 0.842. The maximum atomic E-state index is 5.72. The van der Waals surface area contributed by atoms with Crippen LogP contribution in [0.2, 0.25) is 5.15 Å². The number of halogens is 1. The minimum Gasteiger partial charge on any atom is -0.456 e. The van der Waals surface area contributed by atoms with Crippen LogP contribution in [0.15, 0.2) is 10.5 Å². The number of rotatable bonds is 1. The van der Waals surface area contributed by atoms with Crippen LogP contribution in [0.3, 0.4) is 0 Å². The maximum Gasteiger partial charge on any atom is 0.198 e. The summed E-state index contributed by atoms with van der Waals surface area (Å²) in [5.41, 5.74) is 1.18. The summed E-state index contributed by atoms with van der Waals surface area (Å²) in [6.07, 6.45) is 0.812. The van der Waals surface area contributed by atoms with Gasteiger partial charge in [-0.2, -0.15) is 0 Å². The molecule has 0 bridgehead atoms. The van der Waals surface area contributed by atoms with Crippen LogP contribution in [-0.4, -0.2) is 15.4 Å². The van der Waals surface area contributed by atoms with E-state index in [0.717, 1.165) is 12.2 Å². The zero-order valence-electron chi connectivity index (χ0n) is 6.41. The van der Waals surface area contributed by atoms with E-state index in [-0.39, 0.29) is 5.15 Å². The molecular formula is C7H6ClN3O. The van der Waals surface area contributed by atoms with Crippen LogP contribution >= 0.6 is 11.6 Å². The van der Waals surface area contributed by atoms with E-state index in [4.69, 9.17) is 16.0 Å². The Labute approximate surface area is 73.5 Å². The molecule has 0 saturated heterocycles. The van der Waals surface area contributed by atoms with Gasteiger partial charge in [0, 0.05) is 12.5 Å². The molecule has 0 N–H and O–H groups in total. The fourth-order valence-corrected chi connectivity index (χ4v) is 1.15. The summed E-state index contributed by atoms with van der Waals surface area (Å²) in [6.45, 7) is 1.99. The molecule has 2 aromatic rings. The quantitative estimate of drug-likeness (QED) is 0.677. The highest BCUT2D eigenvalue weighted by molar-refractivity contribution is 6.33. The van der Waals surface area contributed by atoms with Gasteiger partial charge in [-0.25, -0.2) is 0 Å². The maximum absolute atomic E-state index is 5.72. The van der Waals surface area contributed by atoms with Gasteiger partial charge < -0.3 is 4.42 Å². The second-order valence-corrected chi connectivity index (χ2v) is 2.72. The van der Waals surface area contributed by atoms with Crippen LogP contribution in [0, 0.1) is 0 Å². The fraction of sp³-hybridized carbons (Fsp3) is 0.286. The number of aryl methyl sites for hydroxylation is 1. The summed E-state index contributed by atoms with van der Waals surface area (Å²) in [7, 11) is 0. The van der Waals surface area contributed by atoms with E-state index in [0.29, 0.717) is 11.1 Å². The first kappa shape index (κ1) is 7.49. The first-order chi connectivity index (χ1) is 5.81. The highest BCUT2D eigenvalue weighted by Crippen LogP contribution is 2.21. The van der Waals surface area contributed by atoms with Crippen molar-refractivity contribution in [3.63, 3.8) is 0 Å². The number of furan rings is 1. The van der Waals surface area contributed by atoms with Crippen LogP contribution in [-0.2, 0) is 6.42 Å². The molecule has 2 rings (SSSR count). The lowest BCUT2D eigenvalue weighted by atomic mass is 10.3. The standard InChI is InChI=1S/C7H6ClN3O/c1-2-4-3-5-6(12-4)7(8)10-11-9-5/h3H,2H2,1H3. The topological polar surface area (TPSA) is 51.8 Å². The van der Waals surface area contributed by atoms with Crippen molar-refractivity contribution in [3.05, 3.63) is 17.0 Å². The Bertz CT molecular complexity index is 412. The molecule has 0 spiro atoms. The largest absolute Gasteiger partial charge is 0.456 e. The minimum atomic E-state index is 0.264. The molecule has 0 unspecified atom stereocenters. The highest BCUT2D eigenvalue weighted by atomic mass is 35.5. The predicted octanol–water partition coefficient (Wildman–Crippen LogP) is 1.83. The summed E-state index contributed by atoms with van der Waals surface area (Å²) in [5, 5.41) is 11.1. The second kappa shape index (κ2) is 2.71. The number of nitrogens with zero attached hydrogens (tertiary/aromatic N) is 3. The lowest BCUT2D eigenvalue weighted by Crippen LogP contribution is -1.85. The molecule has 5 heteroatoms. The zero-order valence-corrected chi connectivity index (χ0v) is 7.17. The fourth-order valence-electron chi connectivity index (χ4n) is 0.982. The van der Waals surface area contributed by atoms with Crippen LogP contribution < -0.4 is 0 Å². The van der Waals surface area contributed by atoms with Crippen molar-refractivity contribution in [2.75, 3.05) is 0 Å². The van der Waals surface area contributed by atoms with E-state index in [1.165, 1.54) is 0 Å². The molecule has 0 atom stereocenters. The van der Waals surface area contributed by atoms with Gasteiger partial charge in [0.15, 0.2) is 10.7 Å². The van der Waals surface area contributed by atoms with E-state index < -0.39 is 0 Å². The molecule has 0 aliphatic heterocycles. The summed E-state index contributed by atoms with van der Waals surface area (Å²) < 4.78 is 5.35. The lowest BCUT2D eigenvalue weighted by Gasteiger charge is -1.86. The van der Waals surface area contributed by atoms with Crippen LogP contribution in [0.1, 0.15) is 12.7 Å². The Hall–Kier alpha value is -1.16. The van der Waals surface area contributed by atoms with Gasteiger partial charge in [-0.15, -0.1) is 10.2 Å². The average molecular weight is 184 g/mol. The van der Waals surface area contributed by atoms with E-state index in [1.54, 1.807) is 0 Å². The Morgan fingerprint density at radius 2 is 2.33 bits per heavy atom. The van der Waals surface area contributed by atoms with Crippen molar-refractivity contribution in [3.8, 4) is 0 Å². The van der Waals surface area contributed by atoms with E-state index in [9.17, 15) is 0 Å². The first-order valence-corrected chi connectivity index (χ1v) is 3.96. The molecular weight excluding hydrogens is 178 g/mol. The van der Waals surface area contributed by atoms with Crippen LogP contribution in [0.25, 0.3) is 11.1 Å². The smallest absolute Gasteiger partial charge is 0.198 e. The van der Waals surface area contributed by atoms with Gasteiger partial charge in [0.25, 0.3) is 0 Å². The summed E-state index contributed by atoms with van der Waals surface area (Å²) in [4.78, 5) is 0. The van der Waals surface area contributed by atoms with Gasteiger partial charge in [0.05, 0.1) is 0 Å². The van der Waals surface area contributed by atoms with Crippen molar-refractivity contribution < 1.29 is 4.42 Å². The van der Waals surface area contributed by atoms with Gasteiger partial charge in [0.2, 0.25) is 0 Å². The summed E-state index contributed by atoms with van der Waals surface area (Å²) >= 11 is 5.72. The number of aromatic nitrogens is 3. The molecule has 62 valence electrons. The predicted molar refractivity (Wildman–Crippen MR) is 44.0 cm³/mol. The van der Waals surface area contributed by atoms with Crippen molar-refractivity contribution in [2.45, 2.75) is 13.3 Å². The highest BCUT2D eigenvalue weighted by Gasteiger charge is 2.08. The molecule has 2 aromatic heterocycles. The minimum absolute atomic E-state index is 0.264. The molecule has 12 heavy (non-hydrogen) atoms. The van der Waals surface area contributed by atoms with Gasteiger partial charge >= 0.3 is 0 Å². The Kier molecular flexibility index (Phi) is 1.69. The number of fused-ring (bicyclic) bond motifs is 1. The Morgan fingerprint density at radius 1 is 1.50 bits per heavy atom.